The van der Waals surface area contributed by atoms with Gasteiger partial charge < -0.3 is 4.42 Å². The van der Waals surface area contributed by atoms with E-state index in [1.807, 2.05) is 0 Å². The number of nitrogens with zero attached hydrogens (tertiary/aromatic N) is 2. The monoisotopic (exact) mass is 352 g/mol. The van der Waals surface area contributed by atoms with Crippen LogP contribution in [0.5, 0.6) is 0 Å². The van der Waals surface area contributed by atoms with Crippen LogP contribution in [-0.4, -0.2) is 17.8 Å². The van der Waals surface area contributed by atoms with E-state index in [1.165, 1.54) is 15.7 Å². The summed E-state index contributed by atoms with van der Waals surface area (Å²) in [5.74, 6) is -0.141. The summed E-state index contributed by atoms with van der Waals surface area (Å²) in [6, 6.07) is 7.10. The number of thiazole rings is 1. The maximum absolute atomic E-state index is 12.7. The average Bonchev–Trinajstić information content (AvgIpc) is 3.11. The number of hydrogen-bond acceptors (Lipinski definition) is 5. The van der Waals surface area contributed by atoms with Gasteiger partial charge in [0.25, 0.3) is 0 Å². The first kappa shape index (κ1) is 13.8. The molecule has 112 valence electrons. The Hall–Kier alpha value is -1.83. The molecule has 0 saturated carbocycles. The Kier molecular flexibility index (Phi) is 3.04. The van der Waals surface area contributed by atoms with E-state index in [-0.39, 0.29) is 15.9 Å². The zero-order valence-electron chi connectivity index (χ0n) is 11.1. The number of hydrogen-bond donors (Lipinski definition) is 0. The van der Waals surface area contributed by atoms with E-state index < -0.39 is 9.84 Å². The quantitative estimate of drug-likeness (QED) is 0.563. The Morgan fingerprint density at radius 2 is 2.18 bits per heavy atom. The van der Waals surface area contributed by atoms with Crippen molar-refractivity contribution in [3.05, 3.63) is 52.8 Å². The van der Waals surface area contributed by atoms with Gasteiger partial charge in [-0.25, -0.2) is 13.4 Å². The smallest absolute Gasteiger partial charge is 0.201 e. The minimum atomic E-state index is -3.60. The number of imidazole rings is 1. The van der Waals surface area contributed by atoms with Crippen molar-refractivity contribution in [3.63, 3.8) is 0 Å². The molecule has 5 nitrogen and oxygen atoms in total. The Morgan fingerprint density at radius 1 is 1.32 bits per heavy atom. The molecule has 0 amide bonds. The summed E-state index contributed by atoms with van der Waals surface area (Å²) in [6.07, 6.45) is 3.23. The van der Waals surface area contributed by atoms with E-state index >= 15 is 0 Å². The van der Waals surface area contributed by atoms with Crippen molar-refractivity contribution in [2.75, 3.05) is 0 Å². The lowest BCUT2D eigenvalue weighted by molar-refractivity contribution is 0.590. The highest BCUT2D eigenvalue weighted by Crippen LogP contribution is 2.28. The second-order valence-electron chi connectivity index (χ2n) is 4.82. The Morgan fingerprint density at radius 3 is 3.05 bits per heavy atom. The van der Waals surface area contributed by atoms with Gasteiger partial charge in [-0.3, -0.25) is 4.40 Å². The molecule has 3 heterocycles. The largest absolute Gasteiger partial charge is 0.464 e. The SMILES string of the molecule is O=S(=O)(Cc1ccc2occc2c1)c1c(Cl)nc2sccn12. The predicted octanol–water partition coefficient (Wildman–Crippen LogP) is 3.77. The first-order valence-corrected chi connectivity index (χ1v) is 9.25. The minimum absolute atomic E-state index is 0.0104. The van der Waals surface area contributed by atoms with E-state index in [0.29, 0.717) is 10.5 Å². The number of rotatable bonds is 3. The number of aromatic nitrogens is 2. The maximum Gasteiger partial charge on any atom is 0.201 e. The minimum Gasteiger partial charge on any atom is -0.464 e. The fourth-order valence-electron chi connectivity index (χ4n) is 2.41. The van der Waals surface area contributed by atoms with Crippen LogP contribution in [0.2, 0.25) is 5.15 Å². The van der Waals surface area contributed by atoms with Gasteiger partial charge in [-0.1, -0.05) is 17.7 Å². The van der Waals surface area contributed by atoms with Crippen LogP contribution in [0.15, 0.2) is 51.5 Å². The van der Waals surface area contributed by atoms with Gasteiger partial charge in [0.15, 0.2) is 15.1 Å². The first-order chi connectivity index (χ1) is 10.5. The Bertz CT molecular complexity index is 1090. The maximum atomic E-state index is 12.7. The van der Waals surface area contributed by atoms with Crippen LogP contribution in [0.1, 0.15) is 5.56 Å². The van der Waals surface area contributed by atoms with Gasteiger partial charge in [0.2, 0.25) is 9.84 Å². The lowest BCUT2D eigenvalue weighted by atomic mass is 10.2. The van der Waals surface area contributed by atoms with Gasteiger partial charge in [-0.15, -0.1) is 11.3 Å². The molecule has 0 unspecified atom stereocenters. The number of halogens is 1. The van der Waals surface area contributed by atoms with Gasteiger partial charge in [-0.05, 0) is 23.8 Å². The topological polar surface area (TPSA) is 64.6 Å². The van der Waals surface area contributed by atoms with Crippen molar-refractivity contribution >= 4 is 48.7 Å². The highest BCUT2D eigenvalue weighted by Gasteiger charge is 2.25. The Labute approximate surface area is 134 Å². The summed E-state index contributed by atoms with van der Waals surface area (Å²) in [7, 11) is -3.60. The van der Waals surface area contributed by atoms with E-state index in [4.69, 9.17) is 16.0 Å². The molecule has 8 heteroatoms. The lowest BCUT2D eigenvalue weighted by Gasteiger charge is -2.04. The fraction of sp³-hybridized carbons (Fsp3) is 0.0714. The molecular weight excluding hydrogens is 344 g/mol. The average molecular weight is 353 g/mol. The molecule has 0 N–H and O–H groups in total. The van der Waals surface area contributed by atoms with Crippen LogP contribution in [-0.2, 0) is 15.6 Å². The van der Waals surface area contributed by atoms with E-state index in [2.05, 4.69) is 4.98 Å². The van der Waals surface area contributed by atoms with Crippen LogP contribution in [0.25, 0.3) is 15.9 Å². The molecule has 4 aromatic rings. The number of fused-ring (bicyclic) bond motifs is 2. The molecule has 0 fully saturated rings. The van der Waals surface area contributed by atoms with Crippen LogP contribution < -0.4 is 0 Å². The molecule has 3 aromatic heterocycles. The third kappa shape index (κ3) is 2.13. The zero-order valence-corrected chi connectivity index (χ0v) is 13.5. The molecule has 0 aliphatic heterocycles. The number of sulfone groups is 1. The van der Waals surface area contributed by atoms with Gasteiger partial charge in [0.05, 0.1) is 12.0 Å². The molecule has 0 saturated heterocycles. The molecule has 0 aliphatic rings. The summed E-state index contributed by atoms with van der Waals surface area (Å²) in [5.41, 5.74) is 1.40. The molecule has 0 spiro atoms. The highest BCUT2D eigenvalue weighted by molar-refractivity contribution is 7.90. The molecule has 0 atom stereocenters. The molecule has 22 heavy (non-hydrogen) atoms. The van der Waals surface area contributed by atoms with Crippen molar-refractivity contribution in [2.45, 2.75) is 10.8 Å². The number of benzene rings is 1. The van der Waals surface area contributed by atoms with Crippen molar-refractivity contribution in [3.8, 4) is 0 Å². The normalized spacial score (nSPS) is 12.4. The zero-order chi connectivity index (χ0) is 15.3. The summed E-state index contributed by atoms with van der Waals surface area (Å²) >= 11 is 7.36. The highest BCUT2D eigenvalue weighted by atomic mass is 35.5. The van der Waals surface area contributed by atoms with Crippen molar-refractivity contribution < 1.29 is 12.8 Å². The summed E-state index contributed by atoms with van der Waals surface area (Å²) < 4.78 is 32.2. The molecule has 1 aromatic carbocycles. The van der Waals surface area contributed by atoms with Crippen LogP contribution in [0, 0.1) is 0 Å². The Balaban J connectivity index is 1.80. The predicted molar refractivity (Wildman–Crippen MR) is 85.2 cm³/mol. The third-order valence-electron chi connectivity index (χ3n) is 3.35. The van der Waals surface area contributed by atoms with Crippen molar-refractivity contribution in [2.24, 2.45) is 0 Å². The van der Waals surface area contributed by atoms with Crippen LogP contribution >= 0.6 is 22.9 Å². The second-order valence-corrected chi connectivity index (χ2v) is 7.95. The van der Waals surface area contributed by atoms with Crippen molar-refractivity contribution in [1.29, 1.82) is 0 Å². The summed E-state index contributed by atoms with van der Waals surface area (Å²) in [5, 5.41) is 2.69. The third-order valence-corrected chi connectivity index (χ3v) is 6.17. The van der Waals surface area contributed by atoms with Crippen molar-refractivity contribution in [1.82, 2.24) is 9.38 Å². The standard InChI is InChI=1S/C14H9ClN2O3S2/c15-12-13(17-4-6-21-14(17)16-12)22(18,19)8-9-1-2-11-10(7-9)3-5-20-11/h1-7H,8H2. The fourth-order valence-corrected chi connectivity index (χ4v) is 5.26. The first-order valence-electron chi connectivity index (χ1n) is 6.34. The lowest BCUT2D eigenvalue weighted by Crippen LogP contribution is -2.08. The summed E-state index contributed by atoms with van der Waals surface area (Å²) in [6.45, 7) is 0. The van der Waals surface area contributed by atoms with Gasteiger partial charge in [0.1, 0.15) is 5.58 Å². The van der Waals surface area contributed by atoms with E-state index in [0.717, 1.165) is 11.0 Å². The van der Waals surface area contributed by atoms with Crippen LogP contribution in [0.3, 0.4) is 0 Å². The summed E-state index contributed by atoms with van der Waals surface area (Å²) in [4.78, 5) is 4.64. The molecule has 0 radical (unpaired) electrons. The molecule has 4 rings (SSSR count). The van der Waals surface area contributed by atoms with E-state index in [9.17, 15) is 8.42 Å². The van der Waals surface area contributed by atoms with E-state index in [1.54, 1.807) is 42.1 Å². The van der Waals surface area contributed by atoms with Gasteiger partial charge in [-0.2, -0.15) is 0 Å². The molecule has 0 aliphatic carbocycles. The molecule has 0 bridgehead atoms. The second kappa shape index (κ2) is 4.84. The number of furan rings is 1. The van der Waals surface area contributed by atoms with Gasteiger partial charge >= 0.3 is 0 Å². The van der Waals surface area contributed by atoms with Gasteiger partial charge in [0, 0.05) is 17.0 Å². The molecular formula is C14H9ClN2O3S2. The van der Waals surface area contributed by atoms with Crippen LogP contribution in [0.4, 0.5) is 0 Å².